The van der Waals surface area contributed by atoms with E-state index in [9.17, 15) is 18.4 Å². The van der Waals surface area contributed by atoms with Gasteiger partial charge in [0.2, 0.25) is 0 Å². The van der Waals surface area contributed by atoms with Gasteiger partial charge in [0.1, 0.15) is 36.8 Å². The number of thioether (sulfide) groups is 1. The number of hydrogen-bond acceptors (Lipinski definition) is 13. The molecule has 3 heterocycles. The van der Waals surface area contributed by atoms with Gasteiger partial charge in [0.15, 0.2) is 33.8 Å². The monoisotopic (exact) mass is 748 g/mol. The van der Waals surface area contributed by atoms with E-state index in [1.54, 1.807) is 46.2 Å². The molecule has 3 aliphatic rings. The van der Waals surface area contributed by atoms with Gasteiger partial charge in [-0.2, -0.15) is 0 Å². The SMILES string of the molecule is CCCCSc1nc(N(C(=O)OC(C)(C)C)C2C[C@H]2c2ccc(F)c(F)c2)c2nnn([C@@H]3C[C@H](OCCOC(=O)OC(C)(C)C)[C@H]4OCO[C@H]43)c2n1. The zero-order chi connectivity index (χ0) is 37.4. The largest absolute Gasteiger partial charge is 0.508 e. The van der Waals surface area contributed by atoms with Crippen molar-refractivity contribution < 1.29 is 46.8 Å². The van der Waals surface area contributed by atoms with E-state index in [0.717, 1.165) is 30.7 Å². The van der Waals surface area contributed by atoms with Crippen molar-refractivity contribution in [2.75, 3.05) is 30.7 Å². The predicted molar refractivity (Wildman–Crippen MR) is 185 cm³/mol. The van der Waals surface area contributed by atoms with Crippen LogP contribution in [0.3, 0.4) is 0 Å². The van der Waals surface area contributed by atoms with Crippen LogP contribution in [0.15, 0.2) is 23.4 Å². The molecule has 3 aromatic rings. The van der Waals surface area contributed by atoms with E-state index in [-0.39, 0.29) is 37.3 Å². The standard InChI is InChI=1S/C35H46F2N6O8S/c1-8-9-14-52-31-38-29(42(32(44)50-34(2,3)4)23-16-20(23)19-10-11-21(36)22(37)15-19)26-30(39-31)43(41-40-26)24-17-25(28-27(24)48-18-49-28)46-12-13-47-33(45)51-35(5,6)7/h10-11,15,20,23-25,27-28H,8-9,12-14,16-18H2,1-7H3/t20-,23?,24+,25-,27-,28+/m0/s1. The van der Waals surface area contributed by atoms with Crippen molar-refractivity contribution in [3.8, 4) is 0 Å². The van der Waals surface area contributed by atoms with Crippen LogP contribution < -0.4 is 4.90 Å². The van der Waals surface area contributed by atoms with Gasteiger partial charge < -0.3 is 28.4 Å². The Morgan fingerprint density at radius 1 is 1.00 bits per heavy atom. The first-order valence-corrected chi connectivity index (χ1v) is 18.6. The third-order valence-electron chi connectivity index (χ3n) is 8.70. The van der Waals surface area contributed by atoms with Gasteiger partial charge in [-0.1, -0.05) is 36.4 Å². The summed E-state index contributed by atoms with van der Waals surface area (Å²) >= 11 is 1.45. The number of halogens is 2. The van der Waals surface area contributed by atoms with Gasteiger partial charge in [-0.05, 0) is 72.1 Å². The van der Waals surface area contributed by atoms with E-state index < -0.39 is 65.5 Å². The highest BCUT2D eigenvalue weighted by Crippen LogP contribution is 2.48. The minimum absolute atomic E-state index is 0.0112. The lowest BCUT2D eigenvalue weighted by Crippen LogP contribution is -2.39. The minimum Gasteiger partial charge on any atom is -0.443 e. The molecule has 6 rings (SSSR count). The molecule has 1 unspecified atom stereocenters. The molecule has 284 valence electrons. The van der Waals surface area contributed by atoms with Crippen LogP contribution in [0, 0.1) is 11.6 Å². The van der Waals surface area contributed by atoms with Crippen molar-refractivity contribution in [1.29, 1.82) is 0 Å². The molecule has 1 aromatic carbocycles. The number of anilines is 1. The summed E-state index contributed by atoms with van der Waals surface area (Å²) in [6, 6.07) is 2.89. The highest BCUT2D eigenvalue weighted by atomic mass is 32.2. The lowest BCUT2D eigenvalue weighted by atomic mass is 10.1. The number of hydrogen-bond donors (Lipinski definition) is 0. The molecule has 14 nitrogen and oxygen atoms in total. The van der Waals surface area contributed by atoms with E-state index in [4.69, 9.17) is 38.4 Å². The zero-order valence-corrected chi connectivity index (χ0v) is 31.3. The average molecular weight is 749 g/mol. The van der Waals surface area contributed by atoms with Gasteiger partial charge in [0.05, 0.1) is 18.8 Å². The van der Waals surface area contributed by atoms with Crippen molar-refractivity contribution in [3.63, 3.8) is 0 Å². The maximum atomic E-state index is 14.3. The minimum atomic E-state index is -0.959. The molecular weight excluding hydrogens is 702 g/mol. The number of ether oxygens (including phenoxy) is 6. The number of unbranched alkanes of at least 4 members (excludes halogenated alkanes) is 1. The van der Waals surface area contributed by atoms with Crippen LogP contribution in [-0.4, -0.2) is 98.5 Å². The number of nitrogens with zero attached hydrogens (tertiary/aromatic N) is 6. The number of aromatic nitrogens is 5. The summed E-state index contributed by atoms with van der Waals surface area (Å²) < 4.78 is 64.0. The van der Waals surface area contributed by atoms with Crippen LogP contribution in [0.5, 0.6) is 0 Å². The van der Waals surface area contributed by atoms with Crippen molar-refractivity contribution in [2.24, 2.45) is 0 Å². The summed E-state index contributed by atoms with van der Waals surface area (Å²) in [5.74, 6) is -1.25. The first-order valence-electron chi connectivity index (χ1n) is 17.6. The second-order valence-corrected chi connectivity index (χ2v) is 16.1. The highest BCUT2D eigenvalue weighted by molar-refractivity contribution is 7.99. The average Bonchev–Trinajstić information content (AvgIpc) is 3.34. The van der Waals surface area contributed by atoms with Crippen molar-refractivity contribution in [2.45, 2.75) is 127 Å². The van der Waals surface area contributed by atoms with Crippen molar-refractivity contribution in [3.05, 3.63) is 35.4 Å². The van der Waals surface area contributed by atoms with E-state index >= 15 is 0 Å². The molecule has 2 aliphatic carbocycles. The fourth-order valence-electron chi connectivity index (χ4n) is 6.37. The fraction of sp³-hybridized carbons (Fsp3) is 0.657. The Labute approximate surface area is 305 Å². The third-order valence-corrected chi connectivity index (χ3v) is 9.63. The molecule has 17 heteroatoms. The van der Waals surface area contributed by atoms with Crippen LogP contribution in [-0.2, 0) is 28.4 Å². The van der Waals surface area contributed by atoms with Gasteiger partial charge in [-0.3, -0.25) is 4.90 Å². The fourth-order valence-corrected chi connectivity index (χ4v) is 7.28. The Balaban J connectivity index is 1.31. The summed E-state index contributed by atoms with van der Waals surface area (Å²) in [7, 11) is 0. The van der Waals surface area contributed by atoms with E-state index in [1.807, 2.05) is 0 Å². The number of benzene rings is 1. The second-order valence-electron chi connectivity index (χ2n) is 15.1. The Bertz CT molecular complexity index is 1770. The lowest BCUT2D eigenvalue weighted by Gasteiger charge is -2.27. The van der Waals surface area contributed by atoms with Crippen LogP contribution in [0.2, 0.25) is 0 Å². The summed E-state index contributed by atoms with van der Waals surface area (Å²) in [5, 5.41) is 9.45. The van der Waals surface area contributed by atoms with Gasteiger partial charge >= 0.3 is 12.2 Å². The molecule has 3 fully saturated rings. The van der Waals surface area contributed by atoms with Crippen LogP contribution >= 0.6 is 11.8 Å². The quantitative estimate of drug-likeness (QED) is 0.0837. The molecule has 6 atom stereocenters. The topological polar surface area (TPSA) is 149 Å². The smallest absolute Gasteiger partial charge is 0.443 e. The first kappa shape index (κ1) is 38.1. The van der Waals surface area contributed by atoms with Gasteiger partial charge in [-0.15, -0.1) is 5.10 Å². The molecule has 1 saturated heterocycles. The summed E-state index contributed by atoms with van der Waals surface area (Å²) in [6.45, 7) is 12.8. The molecule has 0 N–H and O–H groups in total. The molecule has 1 amide bonds. The molecule has 2 aromatic heterocycles. The number of carbonyl (C=O) groups excluding carboxylic acids is 2. The molecule has 52 heavy (non-hydrogen) atoms. The maximum absolute atomic E-state index is 14.3. The zero-order valence-electron chi connectivity index (χ0n) is 30.5. The Morgan fingerprint density at radius 2 is 1.75 bits per heavy atom. The van der Waals surface area contributed by atoms with Gasteiger partial charge in [0, 0.05) is 24.1 Å². The van der Waals surface area contributed by atoms with E-state index in [0.29, 0.717) is 29.2 Å². The normalized spacial score (nSPS) is 24.2. The predicted octanol–water partition coefficient (Wildman–Crippen LogP) is 6.71. The lowest BCUT2D eigenvalue weighted by molar-refractivity contribution is -0.0639. The molecular formula is C35H46F2N6O8S. The summed E-state index contributed by atoms with van der Waals surface area (Å²) in [6.07, 6.45) is 0.0629. The maximum Gasteiger partial charge on any atom is 0.508 e. The molecule has 0 bridgehead atoms. The molecule has 2 saturated carbocycles. The van der Waals surface area contributed by atoms with Gasteiger partial charge in [-0.25, -0.2) is 33.0 Å². The first-order chi connectivity index (χ1) is 24.6. The van der Waals surface area contributed by atoms with Gasteiger partial charge in [0.25, 0.3) is 0 Å². The number of amides is 1. The van der Waals surface area contributed by atoms with Crippen molar-refractivity contribution in [1.82, 2.24) is 25.0 Å². The highest BCUT2D eigenvalue weighted by Gasteiger charge is 2.52. The van der Waals surface area contributed by atoms with E-state index in [2.05, 4.69) is 17.2 Å². The Hall–Kier alpha value is -3.67. The second kappa shape index (κ2) is 15.4. The third kappa shape index (κ3) is 8.75. The molecule has 1 aliphatic heterocycles. The molecule has 0 spiro atoms. The Kier molecular flexibility index (Phi) is 11.2. The Morgan fingerprint density at radius 3 is 2.46 bits per heavy atom. The summed E-state index contributed by atoms with van der Waals surface area (Å²) in [5.41, 5.74) is -0.302. The van der Waals surface area contributed by atoms with Crippen LogP contribution in [0.1, 0.15) is 91.7 Å². The van der Waals surface area contributed by atoms with E-state index in [1.165, 1.54) is 22.7 Å². The van der Waals surface area contributed by atoms with Crippen molar-refractivity contribution >= 4 is 41.0 Å². The number of carbonyl (C=O) groups is 2. The number of rotatable bonds is 12. The summed E-state index contributed by atoms with van der Waals surface area (Å²) in [4.78, 5) is 37.2. The van der Waals surface area contributed by atoms with Crippen LogP contribution in [0.4, 0.5) is 24.2 Å². The number of fused-ring (bicyclic) bond motifs is 2. The van der Waals surface area contributed by atoms with Crippen LogP contribution in [0.25, 0.3) is 11.2 Å². The molecule has 0 radical (unpaired) electrons.